The molecule has 3 rings (SSSR count). The van der Waals surface area contributed by atoms with E-state index in [-0.39, 0.29) is 16.2 Å². The highest BCUT2D eigenvalue weighted by molar-refractivity contribution is 7.95. The third-order valence-corrected chi connectivity index (χ3v) is 3.35. The number of nitrogens with zero attached hydrogens (tertiary/aromatic N) is 1. The quantitative estimate of drug-likeness (QED) is 0.628. The first-order valence-electron chi connectivity index (χ1n) is 5.71. The van der Waals surface area contributed by atoms with Crippen LogP contribution in [0, 0.1) is 0 Å². The molecule has 0 saturated heterocycles. The summed E-state index contributed by atoms with van der Waals surface area (Å²) in [5.74, 6) is -1.83. The number of benzene rings is 2. The van der Waals surface area contributed by atoms with E-state index in [0.717, 1.165) is 0 Å². The molecular weight excluding hydrogens is 307 g/mol. The fourth-order valence-corrected chi connectivity index (χ4v) is 2.45. The van der Waals surface area contributed by atoms with Crippen molar-refractivity contribution in [3.8, 4) is 0 Å². The third kappa shape index (κ3) is 2.36. The zero-order valence-electron chi connectivity index (χ0n) is 10.2. The Morgan fingerprint density at radius 3 is 1.95 bits per heavy atom. The lowest BCUT2D eigenvalue weighted by molar-refractivity contribution is -0.0570. The Labute approximate surface area is 120 Å². The van der Waals surface area contributed by atoms with Crippen molar-refractivity contribution in [2.45, 2.75) is 5.51 Å². The number of imide groups is 1. The number of hydrogen-bond acceptors (Lipinski definition) is 4. The Balaban J connectivity index is 2.07. The Morgan fingerprint density at radius 1 is 0.952 bits per heavy atom. The molecule has 2 amide bonds. The second-order valence-corrected chi connectivity index (χ2v) is 5.00. The van der Waals surface area contributed by atoms with Crippen LogP contribution in [0.5, 0.6) is 0 Å². The van der Waals surface area contributed by atoms with Crippen molar-refractivity contribution in [2.75, 3.05) is 0 Å². The fraction of sp³-hybridized carbons (Fsp3) is 0.0769. The van der Waals surface area contributed by atoms with Gasteiger partial charge in [-0.3, -0.25) is 9.59 Å². The minimum Gasteiger partial charge on any atom is -0.266 e. The summed E-state index contributed by atoms with van der Waals surface area (Å²) in [5.41, 5.74) is -4.46. The van der Waals surface area contributed by atoms with Gasteiger partial charge in [0.05, 0.1) is 11.1 Å². The first-order valence-corrected chi connectivity index (χ1v) is 6.46. The summed E-state index contributed by atoms with van der Waals surface area (Å²) in [4.78, 5) is 24.3. The van der Waals surface area contributed by atoms with Gasteiger partial charge in [-0.05, 0) is 17.5 Å². The van der Waals surface area contributed by atoms with Crippen LogP contribution in [0.15, 0.2) is 36.4 Å². The van der Waals surface area contributed by atoms with Crippen LogP contribution in [0.1, 0.15) is 20.7 Å². The molecule has 1 aliphatic heterocycles. The first-order chi connectivity index (χ1) is 9.88. The molecule has 0 atom stereocenters. The van der Waals surface area contributed by atoms with E-state index in [1.807, 2.05) is 0 Å². The van der Waals surface area contributed by atoms with Gasteiger partial charge in [0, 0.05) is 5.39 Å². The minimum absolute atomic E-state index is 0.130. The highest BCUT2D eigenvalue weighted by atomic mass is 32.2. The predicted octanol–water partition coefficient (Wildman–Crippen LogP) is 3.54. The Bertz CT molecular complexity index is 709. The third-order valence-electron chi connectivity index (χ3n) is 2.94. The van der Waals surface area contributed by atoms with Crippen molar-refractivity contribution in [2.24, 2.45) is 0 Å². The maximum absolute atomic E-state index is 12.2. The lowest BCUT2D eigenvalue weighted by atomic mass is 9.95. The summed E-state index contributed by atoms with van der Waals surface area (Å²) in [6.45, 7) is 0. The number of hydroxylamine groups is 2. The van der Waals surface area contributed by atoms with Gasteiger partial charge in [0.15, 0.2) is 0 Å². The van der Waals surface area contributed by atoms with Gasteiger partial charge in [-0.15, -0.1) is 5.06 Å². The topological polar surface area (TPSA) is 46.6 Å². The lowest BCUT2D eigenvalue weighted by Crippen LogP contribution is -2.39. The van der Waals surface area contributed by atoms with E-state index in [2.05, 4.69) is 4.28 Å². The number of carbonyl (C=O) groups is 2. The molecule has 0 bridgehead atoms. The van der Waals surface area contributed by atoms with Crippen molar-refractivity contribution in [3.05, 3.63) is 47.5 Å². The van der Waals surface area contributed by atoms with Crippen LogP contribution < -0.4 is 0 Å². The normalized spacial score (nSPS) is 14.9. The minimum atomic E-state index is -4.72. The number of rotatable bonds is 2. The smallest absolute Gasteiger partial charge is 0.266 e. The SMILES string of the molecule is O=C1c2cccc3cccc(c23)C(=O)N1OSC(F)(F)F. The number of halogens is 3. The van der Waals surface area contributed by atoms with E-state index in [1.165, 1.54) is 12.1 Å². The van der Waals surface area contributed by atoms with Crippen molar-refractivity contribution < 1.29 is 27.0 Å². The van der Waals surface area contributed by atoms with Gasteiger partial charge < -0.3 is 0 Å². The largest absolute Gasteiger partial charge is 0.470 e. The second-order valence-electron chi connectivity index (χ2n) is 4.22. The molecule has 1 aliphatic rings. The highest BCUT2D eigenvalue weighted by Crippen LogP contribution is 2.35. The predicted molar refractivity (Wildman–Crippen MR) is 69.2 cm³/mol. The Hall–Kier alpha value is -2.06. The number of amides is 2. The summed E-state index contributed by atoms with van der Waals surface area (Å²) >= 11 is -0.904. The molecule has 0 unspecified atom stereocenters. The maximum atomic E-state index is 12.2. The molecule has 1 heterocycles. The van der Waals surface area contributed by atoms with Crippen LogP contribution in [0.3, 0.4) is 0 Å². The van der Waals surface area contributed by atoms with Crippen molar-refractivity contribution in [1.82, 2.24) is 5.06 Å². The molecule has 0 aliphatic carbocycles. The van der Waals surface area contributed by atoms with Crippen LogP contribution >= 0.6 is 12.0 Å². The van der Waals surface area contributed by atoms with Gasteiger partial charge >= 0.3 is 5.51 Å². The van der Waals surface area contributed by atoms with E-state index >= 15 is 0 Å². The summed E-state index contributed by atoms with van der Waals surface area (Å²) in [7, 11) is 0. The van der Waals surface area contributed by atoms with Gasteiger partial charge in [-0.1, -0.05) is 24.3 Å². The molecule has 2 aromatic carbocycles. The number of carbonyl (C=O) groups excluding carboxylic acids is 2. The van der Waals surface area contributed by atoms with E-state index in [0.29, 0.717) is 10.8 Å². The van der Waals surface area contributed by atoms with Gasteiger partial charge in [0.1, 0.15) is 12.0 Å². The summed E-state index contributed by atoms with van der Waals surface area (Å²) in [5, 5.41) is 1.22. The van der Waals surface area contributed by atoms with Crippen molar-refractivity contribution in [1.29, 1.82) is 0 Å². The van der Waals surface area contributed by atoms with Gasteiger partial charge in [-0.25, -0.2) is 0 Å². The van der Waals surface area contributed by atoms with Gasteiger partial charge in [0.25, 0.3) is 11.8 Å². The molecule has 21 heavy (non-hydrogen) atoms. The standard InChI is InChI=1S/C13H6F3NO3S/c14-13(15,16)21-20-17-11(18)8-5-1-3-7-4-2-6-9(10(7)8)12(17)19/h1-6H. The second kappa shape index (κ2) is 4.74. The van der Waals surface area contributed by atoms with E-state index in [9.17, 15) is 22.8 Å². The first kappa shape index (κ1) is 13.9. The molecule has 0 N–H and O–H groups in total. The van der Waals surface area contributed by atoms with Crippen LogP contribution in [-0.4, -0.2) is 22.4 Å². The van der Waals surface area contributed by atoms with Gasteiger partial charge in [-0.2, -0.15) is 17.5 Å². The van der Waals surface area contributed by atoms with E-state index < -0.39 is 29.4 Å². The van der Waals surface area contributed by atoms with E-state index in [1.54, 1.807) is 24.3 Å². The fourth-order valence-electron chi connectivity index (χ4n) is 2.16. The summed E-state index contributed by atoms with van der Waals surface area (Å²) in [6, 6.07) is 9.48. The molecule has 0 spiro atoms. The Morgan fingerprint density at radius 2 is 1.48 bits per heavy atom. The monoisotopic (exact) mass is 313 g/mol. The molecule has 4 nitrogen and oxygen atoms in total. The molecule has 0 radical (unpaired) electrons. The average molecular weight is 313 g/mol. The Kier molecular flexibility index (Phi) is 3.14. The molecular formula is C13H6F3NO3S. The zero-order valence-corrected chi connectivity index (χ0v) is 11.0. The molecule has 8 heteroatoms. The maximum Gasteiger partial charge on any atom is 0.470 e. The number of alkyl halides is 3. The van der Waals surface area contributed by atoms with Crippen molar-refractivity contribution in [3.63, 3.8) is 0 Å². The van der Waals surface area contributed by atoms with Crippen LogP contribution in [0.2, 0.25) is 0 Å². The molecule has 0 saturated carbocycles. The summed E-state index contributed by atoms with van der Waals surface area (Å²) in [6.07, 6.45) is 0. The molecule has 2 aromatic rings. The van der Waals surface area contributed by atoms with E-state index in [4.69, 9.17) is 0 Å². The molecule has 0 aromatic heterocycles. The zero-order chi connectivity index (χ0) is 15.2. The molecule has 108 valence electrons. The van der Waals surface area contributed by atoms with Crippen LogP contribution in [-0.2, 0) is 4.28 Å². The van der Waals surface area contributed by atoms with Gasteiger partial charge in [0.2, 0.25) is 0 Å². The highest BCUT2D eigenvalue weighted by Gasteiger charge is 2.38. The van der Waals surface area contributed by atoms with Crippen LogP contribution in [0.25, 0.3) is 10.8 Å². The van der Waals surface area contributed by atoms with Crippen LogP contribution in [0.4, 0.5) is 13.2 Å². The number of hydrogen-bond donors (Lipinski definition) is 0. The van der Waals surface area contributed by atoms with Crippen molar-refractivity contribution >= 4 is 34.6 Å². The summed E-state index contributed by atoms with van der Waals surface area (Å²) < 4.78 is 40.8. The average Bonchev–Trinajstić information content (AvgIpc) is 2.43. The molecule has 0 fully saturated rings. The lowest BCUT2D eigenvalue weighted by Gasteiger charge is -2.25.